The lowest BCUT2D eigenvalue weighted by molar-refractivity contribution is -0.134. The number of hydrogen-bond acceptors (Lipinski definition) is 5. The summed E-state index contributed by atoms with van der Waals surface area (Å²) in [7, 11) is 0. The van der Waals surface area contributed by atoms with Crippen LogP contribution in [0.3, 0.4) is 0 Å². The number of hydrogen-bond donors (Lipinski definition) is 1. The summed E-state index contributed by atoms with van der Waals surface area (Å²) in [4.78, 5) is 39.7. The minimum Gasteiger partial charge on any atom is -0.472 e. The van der Waals surface area contributed by atoms with Gasteiger partial charge in [0.2, 0.25) is 5.91 Å². The highest BCUT2D eigenvalue weighted by atomic mass is 16.6. The first-order valence-electron chi connectivity index (χ1n) is 8.27. The van der Waals surface area contributed by atoms with Gasteiger partial charge in [0, 0.05) is 26.2 Å². The summed E-state index contributed by atoms with van der Waals surface area (Å²) < 4.78 is 10.2. The second-order valence-electron chi connectivity index (χ2n) is 7.00. The van der Waals surface area contributed by atoms with Crippen molar-refractivity contribution < 1.29 is 23.5 Å². The minimum absolute atomic E-state index is 0.180. The molecular weight excluding hydrogens is 326 g/mol. The number of rotatable bonds is 3. The molecule has 1 aromatic rings. The van der Waals surface area contributed by atoms with Gasteiger partial charge in [-0.05, 0) is 33.8 Å². The van der Waals surface area contributed by atoms with E-state index >= 15 is 0 Å². The van der Waals surface area contributed by atoms with Crippen molar-refractivity contribution in [1.82, 2.24) is 15.1 Å². The van der Waals surface area contributed by atoms with Crippen LogP contribution in [0.2, 0.25) is 0 Å². The van der Waals surface area contributed by atoms with Crippen molar-refractivity contribution in [2.24, 2.45) is 0 Å². The van der Waals surface area contributed by atoms with E-state index in [1.807, 2.05) is 20.8 Å². The predicted molar refractivity (Wildman–Crippen MR) is 90.0 cm³/mol. The van der Waals surface area contributed by atoms with Gasteiger partial charge in [-0.1, -0.05) is 0 Å². The number of ether oxygens (including phenoxy) is 1. The maximum atomic E-state index is 12.5. The highest BCUT2D eigenvalue weighted by Gasteiger charge is 2.30. The van der Waals surface area contributed by atoms with Crippen LogP contribution in [0.1, 0.15) is 38.1 Å². The van der Waals surface area contributed by atoms with E-state index in [9.17, 15) is 14.4 Å². The molecule has 0 bridgehead atoms. The minimum atomic E-state index is -0.657. The third-order valence-corrected chi connectivity index (χ3v) is 3.74. The number of nitrogens with one attached hydrogen (secondary N) is 1. The van der Waals surface area contributed by atoms with Crippen LogP contribution in [0.5, 0.6) is 0 Å². The summed E-state index contributed by atoms with van der Waals surface area (Å²) in [6.45, 7) is 8.71. The van der Waals surface area contributed by atoms with Crippen LogP contribution in [-0.2, 0) is 9.53 Å². The number of amides is 3. The first-order valence-corrected chi connectivity index (χ1v) is 8.27. The zero-order chi connectivity index (χ0) is 18.6. The van der Waals surface area contributed by atoms with Crippen molar-refractivity contribution in [2.75, 3.05) is 26.2 Å². The predicted octanol–water partition coefficient (Wildman–Crippen LogP) is 1.48. The van der Waals surface area contributed by atoms with Gasteiger partial charge in [-0.3, -0.25) is 9.59 Å². The molecule has 3 amide bonds. The van der Waals surface area contributed by atoms with E-state index in [2.05, 4.69) is 5.32 Å². The molecule has 1 saturated heterocycles. The molecule has 2 heterocycles. The van der Waals surface area contributed by atoms with Crippen LogP contribution < -0.4 is 5.32 Å². The third kappa shape index (κ3) is 5.23. The van der Waals surface area contributed by atoms with E-state index in [1.54, 1.807) is 16.7 Å². The largest absolute Gasteiger partial charge is 0.472 e. The second kappa shape index (κ2) is 7.58. The topological polar surface area (TPSA) is 92.1 Å². The van der Waals surface area contributed by atoms with Crippen LogP contribution in [0.4, 0.5) is 4.79 Å². The Balaban J connectivity index is 1.82. The Morgan fingerprint density at radius 3 is 2.28 bits per heavy atom. The molecule has 1 fully saturated rings. The smallest absolute Gasteiger partial charge is 0.410 e. The molecule has 8 nitrogen and oxygen atoms in total. The molecule has 0 unspecified atom stereocenters. The summed E-state index contributed by atoms with van der Waals surface area (Å²) in [6.07, 6.45) is 2.35. The molecule has 25 heavy (non-hydrogen) atoms. The molecule has 0 radical (unpaired) electrons. The highest BCUT2D eigenvalue weighted by Crippen LogP contribution is 2.12. The van der Waals surface area contributed by atoms with Gasteiger partial charge in [0.1, 0.15) is 17.9 Å². The van der Waals surface area contributed by atoms with E-state index in [-0.39, 0.29) is 17.9 Å². The first kappa shape index (κ1) is 18.8. The lowest BCUT2D eigenvalue weighted by Gasteiger charge is -2.36. The van der Waals surface area contributed by atoms with E-state index in [4.69, 9.17) is 9.15 Å². The summed E-state index contributed by atoms with van der Waals surface area (Å²) in [6, 6.07) is 0.877. The van der Waals surface area contributed by atoms with E-state index in [0.29, 0.717) is 31.7 Å². The van der Waals surface area contributed by atoms with Gasteiger partial charge < -0.3 is 24.3 Å². The Morgan fingerprint density at radius 2 is 1.76 bits per heavy atom. The number of nitrogens with zero attached hydrogens (tertiary/aromatic N) is 2. The standard InChI is InChI=1S/C17H25N3O5/c1-12(18-14(21)13-5-10-24-11-13)15(22)19-6-8-20(9-7-19)16(23)25-17(2,3)4/h5,10-12H,6-9H2,1-4H3,(H,18,21)/t12-/m1/s1. The van der Waals surface area contributed by atoms with Gasteiger partial charge in [-0.15, -0.1) is 0 Å². The highest BCUT2D eigenvalue weighted by molar-refractivity contribution is 5.97. The molecular formula is C17H25N3O5. The number of carbonyl (C=O) groups is 3. The molecule has 138 valence electrons. The molecule has 2 rings (SSSR count). The third-order valence-electron chi connectivity index (χ3n) is 3.74. The van der Waals surface area contributed by atoms with Gasteiger partial charge in [0.15, 0.2) is 0 Å². The molecule has 0 aromatic carbocycles. The molecule has 1 aromatic heterocycles. The Kier molecular flexibility index (Phi) is 5.71. The average molecular weight is 351 g/mol. The van der Waals surface area contributed by atoms with Crippen LogP contribution >= 0.6 is 0 Å². The number of carbonyl (C=O) groups excluding carboxylic acids is 3. The lowest BCUT2D eigenvalue weighted by Crippen LogP contribution is -2.55. The number of piperazine rings is 1. The van der Waals surface area contributed by atoms with Crippen LogP contribution in [0.25, 0.3) is 0 Å². The fourth-order valence-corrected chi connectivity index (χ4v) is 2.45. The zero-order valence-electron chi connectivity index (χ0n) is 15.1. The summed E-state index contributed by atoms with van der Waals surface area (Å²) in [5, 5.41) is 2.65. The van der Waals surface area contributed by atoms with Crippen molar-refractivity contribution in [2.45, 2.75) is 39.3 Å². The SMILES string of the molecule is C[C@@H](NC(=O)c1ccoc1)C(=O)N1CCN(C(=O)OC(C)(C)C)CC1. The van der Waals surface area contributed by atoms with E-state index in [0.717, 1.165) is 0 Å². The fraction of sp³-hybridized carbons (Fsp3) is 0.588. The number of furan rings is 1. The Bertz CT molecular complexity index is 613. The maximum Gasteiger partial charge on any atom is 0.410 e. The van der Waals surface area contributed by atoms with Gasteiger partial charge >= 0.3 is 6.09 Å². The molecule has 1 aliphatic heterocycles. The normalized spacial score (nSPS) is 16.3. The van der Waals surface area contributed by atoms with Crippen molar-refractivity contribution in [3.8, 4) is 0 Å². The Morgan fingerprint density at radius 1 is 1.16 bits per heavy atom. The quantitative estimate of drug-likeness (QED) is 0.890. The lowest BCUT2D eigenvalue weighted by atomic mass is 10.2. The molecule has 0 saturated carbocycles. The second-order valence-corrected chi connectivity index (χ2v) is 7.00. The van der Waals surface area contributed by atoms with Crippen molar-refractivity contribution in [3.63, 3.8) is 0 Å². The monoisotopic (exact) mass is 351 g/mol. The molecule has 1 atom stereocenters. The van der Waals surface area contributed by atoms with Crippen LogP contribution in [0.15, 0.2) is 23.0 Å². The average Bonchev–Trinajstić information content (AvgIpc) is 3.07. The van der Waals surface area contributed by atoms with Crippen LogP contribution in [0, 0.1) is 0 Å². The maximum absolute atomic E-state index is 12.5. The molecule has 1 aliphatic rings. The summed E-state index contributed by atoms with van der Waals surface area (Å²) >= 11 is 0. The fourth-order valence-electron chi connectivity index (χ4n) is 2.45. The van der Waals surface area contributed by atoms with Gasteiger partial charge in [-0.25, -0.2) is 4.79 Å². The summed E-state index contributed by atoms with van der Waals surface area (Å²) in [5.41, 5.74) is -0.176. The Hall–Kier alpha value is -2.51. The van der Waals surface area contributed by atoms with Gasteiger partial charge in [0.05, 0.1) is 11.8 Å². The molecule has 1 N–H and O–H groups in total. The van der Waals surface area contributed by atoms with E-state index in [1.165, 1.54) is 18.6 Å². The first-order chi connectivity index (χ1) is 11.7. The van der Waals surface area contributed by atoms with Gasteiger partial charge in [0.25, 0.3) is 5.91 Å². The van der Waals surface area contributed by atoms with Gasteiger partial charge in [-0.2, -0.15) is 0 Å². The zero-order valence-corrected chi connectivity index (χ0v) is 15.1. The molecule has 0 spiro atoms. The molecule has 0 aliphatic carbocycles. The van der Waals surface area contributed by atoms with E-state index < -0.39 is 11.6 Å². The molecule has 8 heteroatoms. The van der Waals surface area contributed by atoms with Crippen molar-refractivity contribution in [1.29, 1.82) is 0 Å². The summed E-state index contributed by atoms with van der Waals surface area (Å²) in [5.74, 6) is -0.539. The van der Waals surface area contributed by atoms with Crippen molar-refractivity contribution >= 4 is 17.9 Å². The van der Waals surface area contributed by atoms with Crippen molar-refractivity contribution in [3.05, 3.63) is 24.2 Å². The van der Waals surface area contributed by atoms with Crippen LogP contribution in [-0.4, -0.2) is 65.5 Å². The Labute approximate surface area is 147 Å².